The van der Waals surface area contributed by atoms with E-state index in [0.717, 1.165) is 32.1 Å². The average Bonchev–Trinajstić information content (AvgIpc) is 2.40. The van der Waals surface area contributed by atoms with Gasteiger partial charge >= 0.3 is 5.97 Å². The molecule has 1 rings (SSSR count). The Morgan fingerprint density at radius 3 is 2.68 bits per heavy atom. The molecule has 1 aliphatic rings. The van der Waals surface area contributed by atoms with E-state index >= 15 is 0 Å². The van der Waals surface area contributed by atoms with Crippen molar-refractivity contribution in [3.63, 3.8) is 0 Å². The summed E-state index contributed by atoms with van der Waals surface area (Å²) in [5.74, 6) is -0.504. The first-order valence-electron chi connectivity index (χ1n) is 7.59. The molecule has 1 saturated heterocycles. The average molecular weight is 272 g/mol. The summed E-state index contributed by atoms with van der Waals surface area (Å²) in [6, 6.07) is 0. The Balaban J connectivity index is 2.76. The van der Waals surface area contributed by atoms with E-state index in [1.807, 2.05) is 6.92 Å². The molecule has 0 spiro atoms. The predicted molar refractivity (Wildman–Crippen MR) is 73.9 cm³/mol. The van der Waals surface area contributed by atoms with Crippen molar-refractivity contribution in [2.75, 3.05) is 13.2 Å². The van der Waals surface area contributed by atoms with Crippen molar-refractivity contribution >= 4 is 5.97 Å². The van der Waals surface area contributed by atoms with Crippen molar-refractivity contribution in [1.82, 2.24) is 0 Å². The third-order valence-electron chi connectivity index (χ3n) is 3.91. The fourth-order valence-corrected chi connectivity index (χ4v) is 2.95. The lowest BCUT2D eigenvalue weighted by atomic mass is 9.77. The summed E-state index contributed by atoms with van der Waals surface area (Å²) in [7, 11) is 0. The van der Waals surface area contributed by atoms with E-state index in [-0.39, 0.29) is 12.0 Å². The van der Waals surface area contributed by atoms with E-state index in [1.54, 1.807) is 6.92 Å². The van der Waals surface area contributed by atoms with E-state index in [0.29, 0.717) is 19.6 Å². The van der Waals surface area contributed by atoms with Crippen LogP contribution in [-0.2, 0) is 14.3 Å². The number of hydrogen-bond acceptors (Lipinski definition) is 4. The van der Waals surface area contributed by atoms with Gasteiger partial charge in [0.05, 0.1) is 12.7 Å². The van der Waals surface area contributed by atoms with Crippen molar-refractivity contribution in [3.05, 3.63) is 0 Å². The Hall–Kier alpha value is -0.610. The second-order valence-electron chi connectivity index (χ2n) is 5.40. The SMILES string of the molecule is CCCC1CC(C(O)(CCC)C(=O)OCC)CCO1. The molecule has 0 amide bonds. The second kappa shape index (κ2) is 7.85. The molecule has 3 unspecified atom stereocenters. The van der Waals surface area contributed by atoms with Crippen LogP contribution in [-0.4, -0.2) is 36.0 Å². The van der Waals surface area contributed by atoms with Gasteiger partial charge in [0.2, 0.25) is 0 Å². The molecule has 0 saturated carbocycles. The maximum Gasteiger partial charge on any atom is 0.338 e. The van der Waals surface area contributed by atoms with Gasteiger partial charge in [-0.1, -0.05) is 26.7 Å². The first-order chi connectivity index (χ1) is 9.08. The molecule has 0 aliphatic carbocycles. The standard InChI is InChI=1S/C15H28O4/c1-4-7-13-11-12(8-10-19-13)15(17,9-5-2)14(16)18-6-3/h12-13,17H,4-11H2,1-3H3. The molecule has 0 aromatic heterocycles. The van der Waals surface area contributed by atoms with Crippen LogP contribution >= 0.6 is 0 Å². The molecule has 0 aromatic rings. The summed E-state index contributed by atoms with van der Waals surface area (Å²) in [5, 5.41) is 10.8. The van der Waals surface area contributed by atoms with Gasteiger partial charge in [0.25, 0.3) is 0 Å². The normalized spacial score (nSPS) is 26.7. The quantitative estimate of drug-likeness (QED) is 0.724. The van der Waals surface area contributed by atoms with Gasteiger partial charge in [0.15, 0.2) is 5.60 Å². The molecule has 4 heteroatoms. The largest absolute Gasteiger partial charge is 0.464 e. The van der Waals surface area contributed by atoms with Crippen LogP contribution in [0.4, 0.5) is 0 Å². The maximum atomic E-state index is 12.1. The van der Waals surface area contributed by atoms with Gasteiger partial charge in [-0.15, -0.1) is 0 Å². The first kappa shape index (κ1) is 16.4. The monoisotopic (exact) mass is 272 g/mol. The van der Waals surface area contributed by atoms with Gasteiger partial charge in [0, 0.05) is 12.5 Å². The Labute approximate surface area is 116 Å². The Kier molecular flexibility index (Phi) is 6.80. The molecule has 112 valence electrons. The van der Waals surface area contributed by atoms with Crippen molar-refractivity contribution < 1.29 is 19.4 Å². The minimum absolute atomic E-state index is 0.0446. The third kappa shape index (κ3) is 4.18. The first-order valence-corrected chi connectivity index (χ1v) is 7.59. The van der Waals surface area contributed by atoms with Crippen LogP contribution in [0.25, 0.3) is 0 Å². The fraction of sp³-hybridized carbons (Fsp3) is 0.933. The molecular formula is C15H28O4. The van der Waals surface area contributed by atoms with Crippen molar-refractivity contribution in [3.8, 4) is 0 Å². The number of ether oxygens (including phenoxy) is 2. The Morgan fingerprint density at radius 2 is 2.11 bits per heavy atom. The smallest absolute Gasteiger partial charge is 0.338 e. The van der Waals surface area contributed by atoms with Crippen LogP contribution in [0.1, 0.15) is 59.3 Å². The summed E-state index contributed by atoms with van der Waals surface area (Å²) in [4.78, 5) is 12.1. The molecule has 0 radical (unpaired) electrons. The second-order valence-corrected chi connectivity index (χ2v) is 5.40. The molecule has 1 fully saturated rings. The summed E-state index contributed by atoms with van der Waals surface area (Å²) in [5.41, 5.74) is -1.33. The lowest BCUT2D eigenvalue weighted by Crippen LogP contribution is -2.50. The highest BCUT2D eigenvalue weighted by Crippen LogP contribution is 2.35. The summed E-state index contributed by atoms with van der Waals surface area (Å²) >= 11 is 0. The molecule has 1 N–H and O–H groups in total. The summed E-state index contributed by atoms with van der Waals surface area (Å²) in [6.07, 6.45) is 4.94. The van der Waals surface area contributed by atoms with Crippen molar-refractivity contribution in [2.45, 2.75) is 71.0 Å². The van der Waals surface area contributed by atoms with Crippen molar-refractivity contribution in [1.29, 1.82) is 0 Å². The molecule has 0 bridgehead atoms. The molecule has 1 heterocycles. The molecule has 0 aromatic carbocycles. The molecular weight excluding hydrogens is 244 g/mol. The summed E-state index contributed by atoms with van der Waals surface area (Å²) in [6.45, 7) is 6.81. The number of aliphatic hydroxyl groups is 1. The van der Waals surface area contributed by atoms with Gasteiger partial charge in [-0.3, -0.25) is 0 Å². The van der Waals surface area contributed by atoms with E-state index < -0.39 is 11.6 Å². The molecule has 3 atom stereocenters. The zero-order valence-corrected chi connectivity index (χ0v) is 12.5. The van der Waals surface area contributed by atoms with E-state index in [4.69, 9.17) is 9.47 Å². The number of esters is 1. The minimum atomic E-state index is -1.33. The maximum absolute atomic E-state index is 12.1. The number of hydrogen-bond donors (Lipinski definition) is 1. The highest BCUT2D eigenvalue weighted by atomic mass is 16.5. The molecule has 4 nitrogen and oxygen atoms in total. The lowest BCUT2D eigenvalue weighted by molar-refractivity contribution is -0.179. The molecule has 19 heavy (non-hydrogen) atoms. The van der Waals surface area contributed by atoms with Crippen LogP contribution < -0.4 is 0 Å². The molecule has 1 aliphatic heterocycles. The summed E-state index contributed by atoms with van der Waals surface area (Å²) < 4.78 is 10.8. The van der Waals surface area contributed by atoms with Crippen molar-refractivity contribution in [2.24, 2.45) is 5.92 Å². The minimum Gasteiger partial charge on any atom is -0.464 e. The van der Waals surface area contributed by atoms with Gasteiger partial charge in [-0.05, 0) is 32.6 Å². The van der Waals surface area contributed by atoms with Gasteiger partial charge in [0.1, 0.15) is 0 Å². The lowest BCUT2D eigenvalue weighted by Gasteiger charge is -2.39. The van der Waals surface area contributed by atoms with E-state index in [1.165, 1.54) is 0 Å². The Morgan fingerprint density at radius 1 is 1.37 bits per heavy atom. The van der Waals surface area contributed by atoms with Crippen LogP contribution in [0, 0.1) is 5.92 Å². The fourth-order valence-electron chi connectivity index (χ4n) is 2.95. The highest BCUT2D eigenvalue weighted by Gasteiger charge is 2.46. The van der Waals surface area contributed by atoms with Gasteiger partial charge in [-0.2, -0.15) is 0 Å². The zero-order valence-electron chi connectivity index (χ0n) is 12.5. The van der Waals surface area contributed by atoms with E-state index in [2.05, 4.69) is 6.92 Å². The predicted octanol–water partition coefficient (Wildman–Crippen LogP) is 2.68. The topological polar surface area (TPSA) is 55.8 Å². The van der Waals surface area contributed by atoms with Crippen LogP contribution in [0.3, 0.4) is 0 Å². The van der Waals surface area contributed by atoms with Crippen LogP contribution in [0.2, 0.25) is 0 Å². The van der Waals surface area contributed by atoms with Crippen LogP contribution in [0.5, 0.6) is 0 Å². The van der Waals surface area contributed by atoms with Crippen LogP contribution in [0.15, 0.2) is 0 Å². The number of rotatable bonds is 7. The third-order valence-corrected chi connectivity index (χ3v) is 3.91. The number of carbonyl (C=O) groups excluding carboxylic acids is 1. The Bertz CT molecular complexity index is 277. The highest BCUT2D eigenvalue weighted by molar-refractivity contribution is 5.79. The van der Waals surface area contributed by atoms with Gasteiger partial charge < -0.3 is 14.6 Å². The zero-order chi connectivity index (χ0) is 14.3. The van der Waals surface area contributed by atoms with Gasteiger partial charge in [-0.25, -0.2) is 4.79 Å². The van der Waals surface area contributed by atoms with E-state index in [9.17, 15) is 9.90 Å². The number of carbonyl (C=O) groups is 1.